The number of benzene rings is 3. The average Bonchev–Trinajstić information content (AvgIpc) is 3.28. The Kier molecular flexibility index (Phi) is 3.93. The smallest absolute Gasteiger partial charge is 0.237 e. The molecule has 1 fully saturated rings. The topological polar surface area (TPSA) is 7.12 Å². The van der Waals surface area contributed by atoms with Crippen molar-refractivity contribution in [3.8, 4) is 11.3 Å². The van der Waals surface area contributed by atoms with E-state index in [0.717, 1.165) is 5.92 Å². The highest BCUT2D eigenvalue weighted by atomic mass is 15.1. The number of para-hydroxylation sites is 1. The average molecular weight is 394 g/mol. The maximum atomic E-state index is 2.47. The highest BCUT2D eigenvalue weighted by Gasteiger charge is 2.35. The van der Waals surface area contributed by atoms with Crippen molar-refractivity contribution in [2.45, 2.75) is 39.0 Å². The van der Waals surface area contributed by atoms with Crippen molar-refractivity contribution in [2.75, 3.05) is 11.9 Å². The SMILES string of the molecule is Cc1ccc2cccc3c2c1-c1c(c(CC2CCCC2)c2ccccc2[n+]1C)N3C. The molecule has 2 heteroatoms. The van der Waals surface area contributed by atoms with Crippen molar-refractivity contribution in [3.05, 3.63) is 65.7 Å². The predicted molar refractivity (Wildman–Crippen MR) is 127 cm³/mol. The van der Waals surface area contributed by atoms with Crippen molar-refractivity contribution in [1.82, 2.24) is 0 Å². The summed E-state index contributed by atoms with van der Waals surface area (Å²) in [5.74, 6) is 0.813. The standard InChI is InChI=1S/C28H29N2/c1-18-15-16-20-11-8-14-24-26(20)25(18)28-27(30(24)3)22(17-19-9-4-5-10-19)21-12-6-7-13-23(21)29(28)2/h6-8,11-16,19H,4-5,9-10,17H2,1-3H3/q+1. The van der Waals surface area contributed by atoms with Crippen LogP contribution in [-0.2, 0) is 13.5 Å². The van der Waals surface area contributed by atoms with Gasteiger partial charge in [-0.2, -0.15) is 4.57 Å². The summed E-state index contributed by atoms with van der Waals surface area (Å²) in [6.45, 7) is 2.27. The number of hydrogen-bond acceptors (Lipinski definition) is 1. The Labute approximate surface area is 178 Å². The molecular formula is C28H29N2+. The lowest BCUT2D eigenvalue weighted by molar-refractivity contribution is -0.633. The summed E-state index contributed by atoms with van der Waals surface area (Å²) in [6.07, 6.45) is 6.72. The van der Waals surface area contributed by atoms with Gasteiger partial charge < -0.3 is 4.90 Å². The van der Waals surface area contributed by atoms with Crippen molar-refractivity contribution in [1.29, 1.82) is 0 Å². The van der Waals surface area contributed by atoms with Crippen LogP contribution in [0.25, 0.3) is 32.9 Å². The Bertz CT molecular complexity index is 1310. The summed E-state index contributed by atoms with van der Waals surface area (Å²) in [6, 6.07) is 20.3. The zero-order chi connectivity index (χ0) is 20.4. The fourth-order valence-electron chi connectivity index (χ4n) is 6.10. The number of nitrogens with zero attached hydrogens (tertiary/aromatic N) is 2. The second kappa shape index (κ2) is 6.57. The highest BCUT2D eigenvalue weighted by molar-refractivity contribution is 6.12. The summed E-state index contributed by atoms with van der Waals surface area (Å²) in [5.41, 5.74) is 9.79. The molecule has 0 saturated heterocycles. The van der Waals surface area contributed by atoms with E-state index in [0.29, 0.717) is 0 Å². The van der Waals surface area contributed by atoms with Gasteiger partial charge in [0.15, 0.2) is 0 Å². The number of hydrogen-bond donors (Lipinski definition) is 0. The first-order chi connectivity index (χ1) is 14.6. The third-order valence-corrected chi connectivity index (χ3v) is 7.57. The molecular weight excluding hydrogens is 364 g/mol. The van der Waals surface area contributed by atoms with Gasteiger partial charge in [0, 0.05) is 24.2 Å². The van der Waals surface area contributed by atoms with E-state index < -0.39 is 0 Å². The Balaban J connectivity index is 1.77. The van der Waals surface area contributed by atoms with Crippen molar-refractivity contribution < 1.29 is 4.57 Å². The molecule has 2 heterocycles. The van der Waals surface area contributed by atoms with Crippen LogP contribution in [0.1, 0.15) is 36.8 Å². The molecule has 0 radical (unpaired) electrons. The Morgan fingerprint density at radius 1 is 0.967 bits per heavy atom. The number of anilines is 2. The zero-order valence-electron chi connectivity index (χ0n) is 18.2. The van der Waals surface area contributed by atoms with E-state index in [4.69, 9.17) is 0 Å². The molecule has 4 aromatic rings. The zero-order valence-corrected chi connectivity index (χ0v) is 18.2. The van der Waals surface area contributed by atoms with Crippen LogP contribution in [0.3, 0.4) is 0 Å². The maximum Gasteiger partial charge on any atom is 0.237 e. The van der Waals surface area contributed by atoms with Crippen molar-refractivity contribution in [3.63, 3.8) is 0 Å². The Morgan fingerprint density at radius 2 is 1.77 bits per heavy atom. The lowest BCUT2D eigenvalue weighted by Gasteiger charge is -2.32. The van der Waals surface area contributed by atoms with Crippen LogP contribution in [0, 0.1) is 12.8 Å². The molecule has 0 atom stereocenters. The first-order valence-corrected chi connectivity index (χ1v) is 11.3. The largest absolute Gasteiger partial charge is 0.338 e. The van der Waals surface area contributed by atoms with Crippen LogP contribution in [0.5, 0.6) is 0 Å². The summed E-state index contributed by atoms with van der Waals surface area (Å²) in [5, 5.41) is 4.14. The molecule has 1 aliphatic heterocycles. The molecule has 6 rings (SSSR count). The van der Waals surface area contributed by atoms with E-state index in [-0.39, 0.29) is 0 Å². The van der Waals surface area contributed by atoms with E-state index >= 15 is 0 Å². The molecule has 0 bridgehead atoms. The van der Waals surface area contributed by atoms with E-state index in [2.05, 4.69) is 85.1 Å². The van der Waals surface area contributed by atoms with Crippen molar-refractivity contribution in [2.24, 2.45) is 13.0 Å². The number of aromatic nitrogens is 1. The van der Waals surface area contributed by atoms with Gasteiger partial charge in [0.2, 0.25) is 11.2 Å². The second-order valence-electron chi connectivity index (χ2n) is 9.30. The van der Waals surface area contributed by atoms with Crippen molar-refractivity contribution >= 4 is 33.1 Å². The fourth-order valence-corrected chi connectivity index (χ4v) is 6.10. The van der Waals surface area contributed by atoms with Crippen LogP contribution in [0.2, 0.25) is 0 Å². The maximum absolute atomic E-state index is 2.47. The van der Waals surface area contributed by atoms with Gasteiger partial charge in [0.05, 0.1) is 10.9 Å². The second-order valence-corrected chi connectivity index (χ2v) is 9.30. The van der Waals surface area contributed by atoms with Crippen LogP contribution < -0.4 is 9.47 Å². The molecule has 0 N–H and O–H groups in total. The summed E-state index contributed by atoms with van der Waals surface area (Å²) in [7, 11) is 4.52. The normalized spacial score (nSPS) is 15.9. The number of rotatable bonds is 2. The van der Waals surface area contributed by atoms with Crippen LogP contribution in [0.4, 0.5) is 11.4 Å². The van der Waals surface area contributed by atoms with Crippen LogP contribution in [0.15, 0.2) is 54.6 Å². The van der Waals surface area contributed by atoms with E-state index in [1.54, 1.807) is 5.56 Å². The first kappa shape index (κ1) is 17.9. The van der Waals surface area contributed by atoms with Gasteiger partial charge in [-0.15, -0.1) is 0 Å². The van der Waals surface area contributed by atoms with Gasteiger partial charge >= 0.3 is 0 Å². The van der Waals surface area contributed by atoms with Crippen LogP contribution in [-0.4, -0.2) is 7.05 Å². The lowest BCUT2D eigenvalue weighted by atomic mass is 9.86. The number of aryl methyl sites for hydroxylation is 2. The van der Waals surface area contributed by atoms with Gasteiger partial charge in [0.1, 0.15) is 12.7 Å². The van der Waals surface area contributed by atoms with Gasteiger partial charge in [0.25, 0.3) is 0 Å². The van der Waals surface area contributed by atoms with E-state index in [1.807, 2.05) is 0 Å². The molecule has 1 aliphatic carbocycles. The van der Waals surface area contributed by atoms with Gasteiger partial charge in [-0.1, -0.05) is 62.1 Å². The molecule has 150 valence electrons. The Hall–Kier alpha value is -2.87. The van der Waals surface area contributed by atoms with E-state index in [1.165, 1.54) is 82.0 Å². The third-order valence-electron chi connectivity index (χ3n) is 7.57. The van der Waals surface area contributed by atoms with Gasteiger partial charge in [-0.05, 0) is 47.9 Å². The molecule has 2 aliphatic rings. The van der Waals surface area contributed by atoms with Gasteiger partial charge in [-0.3, -0.25) is 0 Å². The molecule has 2 nitrogen and oxygen atoms in total. The highest BCUT2D eigenvalue weighted by Crippen LogP contribution is 2.50. The molecule has 1 aromatic heterocycles. The minimum atomic E-state index is 0.813. The summed E-state index contributed by atoms with van der Waals surface area (Å²) < 4.78 is 2.44. The molecule has 0 spiro atoms. The lowest BCUT2D eigenvalue weighted by Crippen LogP contribution is -2.37. The number of pyridine rings is 1. The molecule has 3 aromatic carbocycles. The Morgan fingerprint density at radius 3 is 2.60 bits per heavy atom. The predicted octanol–water partition coefficient (Wildman–Crippen LogP) is 6.61. The molecule has 0 amide bonds. The quantitative estimate of drug-likeness (QED) is 0.348. The summed E-state index contributed by atoms with van der Waals surface area (Å²) in [4.78, 5) is 2.47. The molecule has 30 heavy (non-hydrogen) atoms. The van der Waals surface area contributed by atoms with E-state index in [9.17, 15) is 0 Å². The van der Waals surface area contributed by atoms with Crippen LogP contribution >= 0.6 is 0 Å². The summed E-state index contributed by atoms with van der Waals surface area (Å²) >= 11 is 0. The van der Waals surface area contributed by atoms with Gasteiger partial charge in [-0.25, -0.2) is 0 Å². The fraction of sp³-hybridized carbons (Fsp3) is 0.321. The minimum Gasteiger partial charge on any atom is -0.338 e. The first-order valence-electron chi connectivity index (χ1n) is 11.3. The monoisotopic (exact) mass is 393 g/mol. The molecule has 0 unspecified atom stereocenters. The minimum absolute atomic E-state index is 0.813. The third kappa shape index (κ3) is 2.40. The number of fused-ring (bicyclic) bond motifs is 3. The molecule has 1 saturated carbocycles.